The Balaban J connectivity index is 1.46. The first-order valence-electron chi connectivity index (χ1n) is 9.83. The molecule has 0 bridgehead atoms. The van der Waals surface area contributed by atoms with Gasteiger partial charge in [0, 0.05) is 29.3 Å². The number of anilines is 1. The number of ether oxygens (including phenoxy) is 1. The number of thiazole rings is 1. The number of aromatic nitrogens is 3. The average molecular weight is 371 g/mol. The van der Waals surface area contributed by atoms with Crippen molar-refractivity contribution in [2.75, 3.05) is 31.6 Å². The highest BCUT2D eigenvalue weighted by atomic mass is 35.5. The summed E-state index contributed by atoms with van der Waals surface area (Å²) in [5.41, 5.74) is 0.492. The van der Waals surface area contributed by atoms with Crippen LogP contribution in [0.1, 0.15) is 34.8 Å². The Morgan fingerprint density at radius 1 is 1.21 bits per heavy atom. The van der Waals surface area contributed by atoms with Gasteiger partial charge in [0.15, 0.2) is 10.6 Å². The van der Waals surface area contributed by atoms with E-state index in [2.05, 4.69) is 25.2 Å². The molecular formula is C16H22ClN5OS. The maximum atomic E-state index is 7.57. The standard InChI is InChI=1S/C16H22ClN5OS/c1-10-18-13-14(20-16(17)21-15(13)24-10)19-11-2-4-12(5-3-11)22-6-8-23-9-7-22/h11-12H,2-9H2,1H3,(H,19,20,21)/t11-,12-/i1D3. The summed E-state index contributed by atoms with van der Waals surface area (Å²) in [5, 5.41) is 3.60. The molecule has 1 N–H and O–H groups in total. The molecule has 0 spiro atoms. The highest BCUT2D eigenvalue weighted by Crippen LogP contribution is 2.30. The number of nitrogens with zero attached hydrogens (tertiary/aromatic N) is 4. The molecule has 1 aliphatic carbocycles. The summed E-state index contributed by atoms with van der Waals surface area (Å²) < 4.78 is 28.1. The van der Waals surface area contributed by atoms with Gasteiger partial charge in [-0.1, -0.05) is 11.3 Å². The van der Waals surface area contributed by atoms with E-state index in [-0.39, 0.29) is 16.3 Å². The van der Waals surface area contributed by atoms with E-state index in [4.69, 9.17) is 20.5 Å². The Morgan fingerprint density at radius 3 is 2.75 bits per heavy atom. The molecule has 0 atom stereocenters. The molecule has 2 fully saturated rings. The number of halogens is 1. The SMILES string of the molecule is [2H]C([2H])([2H])c1nc2c(N[C@H]3CC[C@H](N4CCOCC4)CC3)nc(Cl)nc2s1. The van der Waals surface area contributed by atoms with Gasteiger partial charge >= 0.3 is 0 Å². The molecule has 8 heteroatoms. The van der Waals surface area contributed by atoms with Gasteiger partial charge in [-0.2, -0.15) is 4.98 Å². The van der Waals surface area contributed by atoms with E-state index in [0.717, 1.165) is 63.3 Å². The van der Waals surface area contributed by atoms with Gasteiger partial charge in [0.1, 0.15) is 5.52 Å². The summed E-state index contributed by atoms with van der Waals surface area (Å²) in [7, 11) is 0. The van der Waals surface area contributed by atoms with Gasteiger partial charge in [-0.25, -0.2) is 9.97 Å². The number of aryl methyl sites for hydroxylation is 1. The van der Waals surface area contributed by atoms with E-state index >= 15 is 0 Å². The van der Waals surface area contributed by atoms with Crippen molar-refractivity contribution in [2.24, 2.45) is 0 Å². The van der Waals surface area contributed by atoms with Gasteiger partial charge in [-0.15, -0.1) is 0 Å². The average Bonchev–Trinajstić information content (AvgIpc) is 3.08. The normalized spacial score (nSPS) is 28.3. The minimum atomic E-state index is -2.26. The molecule has 1 aliphatic heterocycles. The zero-order chi connectivity index (χ0) is 19.0. The minimum Gasteiger partial charge on any atom is -0.379 e. The molecule has 2 aromatic rings. The molecule has 1 saturated carbocycles. The fourth-order valence-electron chi connectivity index (χ4n) is 3.62. The fourth-order valence-corrected chi connectivity index (χ4v) is 4.53. The summed E-state index contributed by atoms with van der Waals surface area (Å²) >= 11 is 7.09. The maximum absolute atomic E-state index is 7.57. The second-order valence-electron chi connectivity index (χ2n) is 6.31. The molecule has 0 amide bonds. The topological polar surface area (TPSA) is 63.2 Å². The molecule has 2 aromatic heterocycles. The van der Waals surface area contributed by atoms with Gasteiger partial charge in [0.2, 0.25) is 5.28 Å². The van der Waals surface area contributed by atoms with Crippen molar-refractivity contribution in [1.29, 1.82) is 0 Å². The third-order valence-electron chi connectivity index (χ3n) is 4.83. The smallest absolute Gasteiger partial charge is 0.225 e. The van der Waals surface area contributed by atoms with Crippen LogP contribution in [0, 0.1) is 6.85 Å². The highest BCUT2D eigenvalue weighted by molar-refractivity contribution is 7.18. The lowest BCUT2D eigenvalue weighted by atomic mass is 9.90. The highest BCUT2D eigenvalue weighted by Gasteiger charge is 2.27. The second-order valence-corrected chi connectivity index (χ2v) is 7.63. The lowest BCUT2D eigenvalue weighted by Gasteiger charge is -2.39. The molecule has 24 heavy (non-hydrogen) atoms. The molecule has 130 valence electrons. The Labute approximate surface area is 154 Å². The zero-order valence-electron chi connectivity index (χ0n) is 16.3. The Hall–Kier alpha value is -1.02. The Kier molecular flexibility index (Phi) is 3.90. The van der Waals surface area contributed by atoms with Crippen LogP contribution >= 0.6 is 22.9 Å². The van der Waals surface area contributed by atoms with Crippen LogP contribution in [0.3, 0.4) is 0 Å². The molecule has 4 rings (SSSR count). The number of fused-ring (bicyclic) bond motifs is 1. The fraction of sp³-hybridized carbons (Fsp3) is 0.688. The van der Waals surface area contributed by atoms with E-state index < -0.39 is 6.85 Å². The van der Waals surface area contributed by atoms with Gasteiger partial charge in [0.25, 0.3) is 0 Å². The van der Waals surface area contributed by atoms with Crippen molar-refractivity contribution < 1.29 is 8.85 Å². The number of nitrogens with one attached hydrogen (secondary N) is 1. The number of rotatable bonds is 3. The first-order valence-corrected chi connectivity index (χ1v) is 9.52. The summed E-state index contributed by atoms with van der Waals surface area (Å²) in [4.78, 5) is 15.7. The minimum absolute atomic E-state index is 0.0631. The van der Waals surface area contributed by atoms with Crippen molar-refractivity contribution in [2.45, 2.75) is 44.6 Å². The van der Waals surface area contributed by atoms with E-state index in [1.807, 2.05) is 0 Å². The van der Waals surface area contributed by atoms with Crippen LogP contribution in [-0.2, 0) is 4.74 Å². The Morgan fingerprint density at radius 2 is 2.00 bits per heavy atom. The van der Waals surface area contributed by atoms with E-state index in [0.29, 0.717) is 22.2 Å². The lowest BCUT2D eigenvalue weighted by Crippen LogP contribution is -2.46. The van der Waals surface area contributed by atoms with Crippen molar-refractivity contribution in [3.8, 4) is 0 Å². The van der Waals surface area contributed by atoms with E-state index in [9.17, 15) is 0 Å². The van der Waals surface area contributed by atoms with Crippen LogP contribution in [0.25, 0.3) is 10.3 Å². The summed E-state index contributed by atoms with van der Waals surface area (Å²) in [5.74, 6) is 0.534. The maximum Gasteiger partial charge on any atom is 0.225 e. The number of hydrogen-bond donors (Lipinski definition) is 1. The monoisotopic (exact) mass is 370 g/mol. The zero-order valence-corrected chi connectivity index (χ0v) is 14.9. The quantitative estimate of drug-likeness (QED) is 0.837. The molecule has 3 heterocycles. The molecule has 2 aliphatic rings. The van der Waals surface area contributed by atoms with Gasteiger partial charge in [-0.05, 0) is 44.1 Å². The first-order chi connectivity index (χ1) is 12.9. The van der Waals surface area contributed by atoms with Gasteiger partial charge in [-0.3, -0.25) is 4.90 Å². The molecule has 1 saturated heterocycles. The lowest BCUT2D eigenvalue weighted by molar-refractivity contribution is 0.00791. The summed E-state index contributed by atoms with van der Waals surface area (Å²) in [6.45, 7) is 1.42. The number of morpholine rings is 1. The second kappa shape index (κ2) is 7.07. The molecular weight excluding hydrogens is 346 g/mol. The van der Waals surface area contributed by atoms with Crippen LogP contribution in [0.2, 0.25) is 5.28 Å². The van der Waals surface area contributed by atoms with Crippen LogP contribution in [-0.4, -0.2) is 58.2 Å². The summed E-state index contributed by atoms with van der Waals surface area (Å²) in [6.07, 6.45) is 4.30. The van der Waals surface area contributed by atoms with Crippen LogP contribution in [0.15, 0.2) is 0 Å². The largest absolute Gasteiger partial charge is 0.379 e. The van der Waals surface area contributed by atoms with Crippen LogP contribution in [0.4, 0.5) is 5.82 Å². The summed E-state index contributed by atoms with van der Waals surface area (Å²) in [6, 6.07) is 0.886. The predicted molar refractivity (Wildman–Crippen MR) is 97.0 cm³/mol. The van der Waals surface area contributed by atoms with Crippen LogP contribution < -0.4 is 5.32 Å². The van der Waals surface area contributed by atoms with Crippen LogP contribution in [0.5, 0.6) is 0 Å². The van der Waals surface area contributed by atoms with Crippen molar-refractivity contribution in [3.63, 3.8) is 0 Å². The van der Waals surface area contributed by atoms with E-state index in [1.54, 1.807) is 0 Å². The number of hydrogen-bond acceptors (Lipinski definition) is 7. The molecule has 0 unspecified atom stereocenters. The van der Waals surface area contributed by atoms with E-state index in [1.165, 1.54) is 0 Å². The molecule has 6 nitrogen and oxygen atoms in total. The molecule has 0 radical (unpaired) electrons. The van der Waals surface area contributed by atoms with Gasteiger partial charge in [0.05, 0.1) is 18.2 Å². The molecule has 0 aromatic carbocycles. The predicted octanol–water partition coefficient (Wildman–Crippen LogP) is 3.10. The Bertz CT molecular complexity index is 803. The van der Waals surface area contributed by atoms with Gasteiger partial charge < -0.3 is 10.1 Å². The third kappa shape index (κ3) is 3.49. The van der Waals surface area contributed by atoms with Crippen molar-refractivity contribution >= 4 is 39.1 Å². The van der Waals surface area contributed by atoms with Crippen molar-refractivity contribution in [1.82, 2.24) is 19.9 Å². The first kappa shape index (κ1) is 13.2. The van der Waals surface area contributed by atoms with Crippen molar-refractivity contribution in [3.05, 3.63) is 10.3 Å². The third-order valence-corrected chi connectivity index (χ3v) is 5.76.